The highest BCUT2D eigenvalue weighted by molar-refractivity contribution is 9.10. The van der Waals surface area contributed by atoms with E-state index in [1.807, 2.05) is 19.1 Å². The van der Waals surface area contributed by atoms with Gasteiger partial charge in [0.25, 0.3) is 0 Å². The number of Topliss-reactive ketones (excluding diaryl/α,β-unsaturated/α-hetero) is 1. The Morgan fingerprint density at radius 2 is 2.23 bits per heavy atom. The quantitative estimate of drug-likeness (QED) is 0.762. The van der Waals surface area contributed by atoms with Crippen LogP contribution in [0.1, 0.15) is 15.9 Å². The topological polar surface area (TPSA) is 26.3 Å². The zero-order chi connectivity index (χ0) is 9.84. The first-order chi connectivity index (χ1) is 6.15. The van der Waals surface area contributed by atoms with Crippen LogP contribution in [0, 0.1) is 6.92 Å². The maximum atomic E-state index is 11.4. The van der Waals surface area contributed by atoms with Crippen molar-refractivity contribution in [1.29, 1.82) is 0 Å². The van der Waals surface area contributed by atoms with Crippen LogP contribution in [0.4, 0.5) is 0 Å². The minimum atomic E-state index is 0.00296. The van der Waals surface area contributed by atoms with Gasteiger partial charge in [0.15, 0.2) is 5.78 Å². The number of carbonyl (C=O) groups is 1. The number of aryl methyl sites for hydroxylation is 1. The van der Waals surface area contributed by atoms with Crippen LogP contribution in [0.25, 0.3) is 0 Å². The summed E-state index contributed by atoms with van der Waals surface area (Å²) < 4.78 is 5.72. The number of hydrogen-bond donors (Lipinski definition) is 0. The van der Waals surface area contributed by atoms with Gasteiger partial charge in [0.05, 0.1) is 0 Å². The normalized spacial score (nSPS) is 10.1. The first-order valence-corrected chi connectivity index (χ1v) is 4.72. The maximum absolute atomic E-state index is 11.4. The molecule has 0 radical (unpaired) electrons. The lowest BCUT2D eigenvalue weighted by molar-refractivity contribution is 0.0848. The molecule has 2 nitrogen and oxygen atoms in total. The highest BCUT2D eigenvalue weighted by Crippen LogP contribution is 2.17. The van der Waals surface area contributed by atoms with E-state index >= 15 is 0 Å². The van der Waals surface area contributed by atoms with Gasteiger partial charge >= 0.3 is 0 Å². The molecule has 0 N–H and O–H groups in total. The second-order valence-corrected chi connectivity index (χ2v) is 3.67. The lowest BCUT2D eigenvalue weighted by atomic mass is 10.1. The second kappa shape index (κ2) is 4.53. The molecule has 3 heteroatoms. The Kier molecular flexibility index (Phi) is 3.63. The van der Waals surface area contributed by atoms with Gasteiger partial charge in [0.2, 0.25) is 0 Å². The number of halogens is 1. The van der Waals surface area contributed by atoms with E-state index in [0.29, 0.717) is 5.56 Å². The fourth-order valence-corrected chi connectivity index (χ4v) is 1.36. The van der Waals surface area contributed by atoms with Crippen LogP contribution in [0.15, 0.2) is 22.7 Å². The predicted octanol–water partition coefficient (Wildman–Crippen LogP) is 2.59. The summed E-state index contributed by atoms with van der Waals surface area (Å²) in [6, 6.07) is 5.53. The number of ether oxygens (including phenoxy) is 1. The molecule has 0 spiro atoms. The van der Waals surface area contributed by atoms with Gasteiger partial charge in [0.1, 0.15) is 6.61 Å². The van der Waals surface area contributed by atoms with Gasteiger partial charge in [-0.05, 0) is 18.6 Å². The third kappa shape index (κ3) is 2.64. The van der Waals surface area contributed by atoms with Crippen LogP contribution in [0.5, 0.6) is 0 Å². The summed E-state index contributed by atoms with van der Waals surface area (Å²) in [4.78, 5) is 11.4. The van der Waals surface area contributed by atoms with Crippen molar-refractivity contribution in [3.05, 3.63) is 33.8 Å². The Morgan fingerprint density at radius 3 is 2.77 bits per heavy atom. The molecule has 0 aliphatic carbocycles. The fraction of sp³-hybridized carbons (Fsp3) is 0.300. The first-order valence-electron chi connectivity index (χ1n) is 3.93. The largest absolute Gasteiger partial charge is 0.377 e. The van der Waals surface area contributed by atoms with Crippen LogP contribution in [0.3, 0.4) is 0 Å². The molecule has 0 aromatic heterocycles. The van der Waals surface area contributed by atoms with E-state index in [1.165, 1.54) is 7.11 Å². The van der Waals surface area contributed by atoms with E-state index in [0.717, 1.165) is 10.0 Å². The van der Waals surface area contributed by atoms with Gasteiger partial charge in [0, 0.05) is 17.1 Å². The molecular formula is C10H11BrO2. The summed E-state index contributed by atoms with van der Waals surface area (Å²) in [5, 5.41) is 0. The molecule has 1 aromatic rings. The van der Waals surface area contributed by atoms with Crippen LogP contribution in [-0.2, 0) is 4.74 Å². The Bertz CT molecular complexity index is 321. The van der Waals surface area contributed by atoms with Crippen molar-refractivity contribution < 1.29 is 9.53 Å². The number of rotatable bonds is 3. The zero-order valence-corrected chi connectivity index (χ0v) is 9.22. The van der Waals surface area contributed by atoms with E-state index in [-0.39, 0.29) is 12.4 Å². The molecule has 0 saturated carbocycles. The van der Waals surface area contributed by atoms with E-state index in [1.54, 1.807) is 6.07 Å². The fourth-order valence-electron chi connectivity index (χ4n) is 0.981. The maximum Gasteiger partial charge on any atom is 0.188 e. The van der Waals surface area contributed by atoms with Crippen molar-refractivity contribution in [3.63, 3.8) is 0 Å². The zero-order valence-electron chi connectivity index (χ0n) is 7.63. The van der Waals surface area contributed by atoms with E-state index in [4.69, 9.17) is 4.74 Å². The lowest BCUT2D eigenvalue weighted by Crippen LogP contribution is -2.06. The van der Waals surface area contributed by atoms with Gasteiger partial charge in [-0.25, -0.2) is 0 Å². The highest BCUT2D eigenvalue weighted by atomic mass is 79.9. The minimum Gasteiger partial charge on any atom is -0.377 e. The van der Waals surface area contributed by atoms with Gasteiger partial charge in [-0.2, -0.15) is 0 Å². The third-order valence-corrected chi connectivity index (χ3v) is 2.62. The predicted molar refractivity (Wildman–Crippen MR) is 55.1 cm³/mol. The number of methoxy groups -OCH3 is 1. The molecule has 70 valence electrons. The standard InChI is InChI=1S/C10H11BrO2/c1-7-3-4-8(5-9(7)11)10(12)6-13-2/h3-5H,6H2,1-2H3. The van der Waals surface area contributed by atoms with Crippen molar-refractivity contribution in [1.82, 2.24) is 0 Å². The molecule has 0 atom stereocenters. The Morgan fingerprint density at radius 1 is 1.54 bits per heavy atom. The van der Waals surface area contributed by atoms with Crippen molar-refractivity contribution in [3.8, 4) is 0 Å². The van der Waals surface area contributed by atoms with Crippen LogP contribution in [0.2, 0.25) is 0 Å². The van der Waals surface area contributed by atoms with Crippen LogP contribution in [-0.4, -0.2) is 19.5 Å². The van der Waals surface area contributed by atoms with E-state index < -0.39 is 0 Å². The van der Waals surface area contributed by atoms with Gasteiger partial charge in [-0.1, -0.05) is 28.1 Å². The Hall–Kier alpha value is -0.670. The van der Waals surface area contributed by atoms with Gasteiger partial charge in [-0.3, -0.25) is 4.79 Å². The molecule has 0 saturated heterocycles. The van der Waals surface area contributed by atoms with Crippen LogP contribution < -0.4 is 0 Å². The third-order valence-electron chi connectivity index (χ3n) is 1.77. The molecule has 0 aliphatic rings. The molecule has 0 amide bonds. The van der Waals surface area contributed by atoms with E-state index in [9.17, 15) is 4.79 Å². The second-order valence-electron chi connectivity index (χ2n) is 2.82. The smallest absolute Gasteiger partial charge is 0.188 e. The van der Waals surface area contributed by atoms with Crippen LogP contribution >= 0.6 is 15.9 Å². The minimum absolute atomic E-state index is 0.00296. The van der Waals surface area contributed by atoms with Gasteiger partial charge < -0.3 is 4.74 Å². The SMILES string of the molecule is COCC(=O)c1ccc(C)c(Br)c1. The van der Waals surface area contributed by atoms with Crippen molar-refractivity contribution in [2.45, 2.75) is 6.92 Å². The lowest BCUT2D eigenvalue weighted by Gasteiger charge is -2.02. The molecule has 0 heterocycles. The molecule has 0 bridgehead atoms. The average Bonchev–Trinajstić information content (AvgIpc) is 2.10. The van der Waals surface area contributed by atoms with Crippen molar-refractivity contribution in [2.24, 2.45) is 0 Å². The summed E-state index contributed by atoms with van der Waals surface area (Å²) in [6.45, 7) is 2.12. The molecule has 13 heavy (non-hydrogen) atoms. The number of ketones is 1. The molecule has 1 aromatic carbocycles. The number of carbonyl (C=O) groups excluding carboxylic acids is 1. The van der Waals surface area contributed by atoms with Crippen molar-refractivity contribution >= 4 is 21.7 Å². The molecule has 0 unspecified atom stereocenters. The van der Waals surface area contributed by atoms with Crippen molar-refractivity contribution in [2.75, 3.05) is 13.7 Å². The number of benzene rings is 1. The summed E-state index contributed by atoms with van der Waals surface area (Å²) in [5.41, 5.74) is 1.80. The summed E-state index contributed by atoms with van der Waals surface area (Å²) >= 11 is 3.37. The highest BCUT2D eigenvalue weighted by Gasteiger charge is 2.05. The first kappa shape index (κ1) is 10.4. The Labute approximate surface area is 86.0 Å². The monoisotopic (exact) mass is 242 g/mol. The summed E-state index contributed by atoms with van der Waals surface area (Å²) in [5.74, 6) is 0.00296. The summed E-state index contributed by atoms with van der Waals surface area (Å²) in [6.07, 6.45) is 0. The molecule has 0 aliphatic heterocycles. The molecular weight excluding hydrogens is 232 g/mol. The average molecular weight is 243 g/mol. The number of hydrogen-bond acceptors (Lipinski definition) is 2. The van der Waals surface area contributed by atoms with Gasteiger partial charge in [-0.15, -0.1) is 0 Å². The van der Waals surface area contributed by atoms with E-state index in [2.05, 4.69) is 15.9 Å². The molecule has 1 rings (SSSR count). The Balaban J connectivity index is 2.90. The molecule has 0 fully saturated rings. The summed E-state index contributed by atoms with van der Waals surface area (Å²) in [7, 11) is 1.52.